The number of methoxy groups -OCH3 is 1. The number of benzene rings is 1. The largest absolute Gasteiger partial charge is 0.465 e. The minimum absolute atomic E-state index is 0.295. The van der Waals surface area contributed by atoms with Crippen LogP contribution in [0, 0.1) is 0 Å². The zero-order chi connectivity index (χ0) is 20.6. The normalized spacial score (nSPS) is 10.3. The molecular formula is C22H22N4O3. The molecule has 2 aromatic heterocycles. The molecule has 3 rings (SSSR count). The van der Waals surface area contributed by atoms with Crippen LogP contribution in [0.5, 0.6) is 0 Å². The summed E-state index contributed by atoms with van der Waals surface area (Å²) in [7, 11) is 3.25. The molecule has 0 aliphatic carbocycles. The predicted octanol–water partition coefficient (Wildman–Crippen LogP) is 3.19. The number of hydrogen-bond acceptors (Lipinski definition) is 6. The Bertz CT molecular complexity index is 975. The fourth-order valence-electron chi connectivity index (χ4n) is 2.78. The van der Waals surface area contributed by atoms with Gasteiger partial charge in [-0.15, -0.1) is 0 Å². The molecule has 29 heavy (non-hydrogen) atoms. The lowest BCUT2D eigenvalue weighted by molar-refractivity contribution is 0.0602. The molecule has 3 aromatic rings. The summed E-state index contributed by atoms with van der Waals surface area (Å²) in [6.45, 7) is 0.787. The molecule has 0 radical (unpaired) electrons. The van der Waals surface area contributed by atoms with Gasteiger partial charge in [0.05, 0.1) is 23.9 Å². The Morgan fingerprint density at radius 3 is 2.52 bits per heavy atom. The first-order chi connectivity index (χ1) is 14.1. The van der Waals surface area contributed by atoms with Crippen molar-refractivity contribution in [3.8, 4) is 0 Å². The number of pyridine rings is 2. The topological polar surface area (TPSA) is 84.4 Å². The Hall–Kier alpha value is -3.74. The van der Waals surface area contributed by atoms with Gasteiger partial charge in [-0.1, -0.05) is 12.1 Å². The highest BCUT2D eigenvalue weighted by molar-refractivity contribution is 6.07. The molecule has 0 bridgehead atoms. The van der Waals surface area contributed by atoms with E-state index in [2.05, 4.69) is 15.3 Å². The summed E-state index contributed by atoms with van der Waals surface area (Å²) in [4.78, 5) is 34.8. The van der Waals surface area contributed by atoms with E-state index in [-0.39, 0.29) is 5.91 Å². The lowest BCUT2D eigenvalue weighted by Gasteiger charge is -2.18. The van der Waals surface area contributed by atoms with Crippen molar-refractivity contribution >= 4 is 23.4 Å². The summed E-state index contributed by atoms with van der Waals surface area (Å²) in [5, 5.41) is 2.74. The quantitative estimate of drug-likeness (QED) is 0.624. The molecule has 0 fully saturated rings. The van der Waals surface area contributed by atoms with Crippen LogP contribution in [0.15, 0.2) is 67.1 Å². The number of anilines is 2. The number of para-hydroxylation sites is 1. The first kappa shape index (κ1) is 20.0. The molecule has 0 unspecified atom stereocenters. The predicted molar refractivity (Wildman–Crippen MR) is 111 cm³/mol. The number of hydrogen-bond donors (Lipinski definition) is 1. The third kappa shape index (κ3) is 5.16. The second-order valence-corrected chi connectivity index (χ2v) is 6.42. The van der Waals surface area contributed by atoms with E-state index < -0.39 is 5.97 Å². The van der Waals surface area contributed by atoms with Gasteiger partial charge in [0.1, 0.15) is 5.82 Å². The minimum atomic E-state index is -0.509. The number of carbonyl (C=O) groups is 2. The molecular weight excluding hydrogens is 368 g/mol. The number of aromatic nitrogens is 2. The average Bonchev–Trinajstić information content (AvgIpc) is 2.78. The van der Waals surface area contributed by atoms with Gasteiger partial charge in [0.15, 0.2) is 0 Å². The van der Waals surface area contributed by atoms with E-state index in [1.165, 1.54) is 18.9 Å². The van der Waals surface area contributed by atoms with E-state index in [1.54, 1.807) is 48.8 Å². The zero-order valence-electron chi connectivity index (χ0n) is 16.3. The summed E-state index contributed by atoms with van der Waals surface area (Å²) in [6.07, 6.45) is 5.94. The van der Waals surface area contributed by atoms with Crippen LogP contribution in [0.3, 0.4) is 0 Å². The summed E-state index contributed by atoms with van der Waals surface area (Å²) in [6, 6.07) is 14.2. The van der Waals surface area contributed by atoms with Crippen molar-refractivity contribution in [2.24, 2.45) is 0 Å². The molecule has 0 atom stereocenters. The maximum Gasteiger partial charge on any atom is 0.339 e. The van der Waals surface area contributed by atoms with Crippen molar-refractivity contribution < 1.29 is 14.3 Å². The van der Waals surface area contributed by atoms with E-state index >= 15 is 0 Å². The molecule has 0 aliphatic rings. The maximum atomic E-state index is 12.5. The molecule has 0 saturated carbocycles. The molecule has 148 valence electrons. The van der Waals surface area contributed by atoms with Crippen molar-refractivity contribution in [3.05, 3.63) is 83.8 Å². The minimum Gasteiger partial charge on any atom is -0.465 e. The SMILES string of the molecule is COC(=O)c1ccccc1NC(=O)c1ccc(N(C)CCc2ccncc2)nc1. The highest BCUT2D eigenvalue weighted by Crippen LogP contribution is 2.18. The fraction of sp³-hybridized carbons (Fsp3) is 0.182. The second-order valence-electron chi connectivity index (χ2n) is 6.42. The van der Waals surface area contributed by atoms with Gasteiger partial charge in [0.25, 0.3) is 5.91 Å². The van der Waals surface area contributed by atoms with Crippen LogP contribution in [0.1, 0.15) is 26.3 Å². The molecule has 0 spiro atoms. The summed E-state index contributed by atoms with van der Waals surface area (Å²) in [5.41, 5.74) is 2.29. The third-order valence-corrected chi connectivity index (χ3v) is 4.47. The monoisotopic (exact) mass is 390 g/mol. The Morgan fingerprint density at radius 2 is 1.83 bits per heavy atom. The van der Waals surface area contributed by atoms with Gasteiger partial charge in [0.2, 0.25) is 0 Å². The van der Waals surface area contributed by atoms with Gasteiger partial charge in [-0.3, -0.25) is 9.78 Å². The molecule has 2 heterocycles. The zero-order valence-corrected chi connectivity index (χ0v) is 16.3. The number of esters is 1. The summed E-state index contributed by atoms with van der Waals surface area (Å²) >= 11 is 0. The number of likely N-dealkylation sites (N-methyl/N-ethyl adjacent to an activating group) is 1. The summed E-state index contributed by atoms with van der Waals surface area (Å²) < 4.78 is 4.75. The van der Waals surface area contributed by atoms with Crippen molar-refractivity contribution in [1.29, 1.82) is 0 Å². The van der Waals surface area contributed by atoms with E-state index in [1.807, 2.05) is 24.1 Å². The van der Waals surface area contributed by atoms with E-state index in [9.17, 15) is 9.59 Å². The molecule has 1 N–H and O–H groups in total. The lowest BCUT2D eigenvalue weighted by atomic mass is 10.1. The Labute approximate surface area is 169 Å². The fourth-order valence-corrected chi connectivity index (χ4v) is 2.78. The first-order valence-corrected chi connectivity index (χ1v) is 9.13. The van der Waals surface area contributed by atoms with Gasteiger partial charge >= 0.3 is 5.97 Å². The summed E-state index contributed by atoms with van der Waals surface area (Å²) in [5.74, 6) is -0.0874. The van der Waals surface area contributed by atoms with Crippen LogP contribution < -0.4 is 10.2 Å². The molecule has 1 amide bonds. The Balaban J connectivity index is 1.64. The number of nitrogens with zero attached hydrogens (tertiary/aromatic N) is 3. The lowest BCUT2D eigenvalue weighted by Crippen LogP contribution is -2.22. The van der Waals surface area contributed by atoms with Gasteiger partial charge in [-0.05, 0) is 48.4 Å². The van der Waals surface area contributed by atoms with Gasteiger partial charge in [-0.25, -0.2) is 9.78 Å². The van der Waals surface area contributed by atoms with E-state index in [4.69, 9.17) is 4.74 Å². The molecule has 7 heteroatoms. The van der Waals surface area contributed by atoms with Gasteiger partial charge in [-0.2, -0.15) is 0 Å². The van der Waals surface area contributed by atoms with Crippen molar-refractivity contribution in [3.63, 3.8) is 0 Å². The number of nitrogens with one attached hydrogen (secondary N) is 1. The van der Waals surface area contributed by atoms with Gasteiger partial charge < -0.3 is 15.0 Å². The Morgan fingerprint density at radius 1 is 1.07 bits per heavy atom. The second kappa shape index (κ2) is 9.45. The van der Waals surface area contributed by atoms with E-state index in [0.29, 0.717) is 16.8 Å². The molecule has 7 nitrogen and oxygen atoms in total. The van der Waals surface area contributed by atoms with Crippen LogP contribution in [0.4, 0.5) is 11.5 Å². The number of rotatable bonds is 7. The number of amides is 1. The van der Waals surface area contributed by atoms with Crippen molar-refractivity contribution in [2.75, 3.05) is 30.9 Å². The first-order valence-electron chi connectivity index (χ1n) is 9.13. The highest BCUT2D eigenvalue weighted by atomic mass is 16.5. The average molecular weight is 390 g/mol. The smallest absolute Gasteiger partial charge is 0.339 e. The third-order valence-electron chi connectivity index (χ3n) is 4.47. The maximum absolute atomic E-state index is 12.5. The van der Waals surface area contributed by atoms with E-state index in [0.717, 1.165) is 18.8 Å². The van der Waals surface area contributed by atoms with Crippen LogP contribution in [0.2, 0.25) is 0 Å². The number of ether oxygens (including phenoxy) is 1. The Kier molecular flexibility index (Phi) is 6.52. The molecule has 1 aromatic carbocycles. The van der Waals surface area contributed by atoms with Crippen LogP contribution in [-0.2, 0) is 11.2 Å². The van der Waals surface area contributed by atoms with Crippen molar-refractivity contribution in [2.45, 2.75) is 6.42 Å². The van der Waals surface area contributed by atoms with Crippen LogP contribution in [0.25, 0.3) is 0 Å². The van der Waals surface area contributed by atoms with Crippen LogP contribution in [-0.4, -0.2) is 42.5 Å². The van der Waals surface area contributed by atoms with Crippen LogP contribution >= 0.6 is 0 Å². The molecule has 0 saturated heterocycles. The van der Waals surface area contributed by atoms with Crippen molar-refractivity contribution in [1.82, 2.24) is 9.97 Å². The number of carbonyl (C=O) groups excluding carboxylic acids is 2. The molecule has 0 aliphatic heterocycles. The highest BCUT2D eigenvalue weighted by Gasteiger charge is 2.15. The standard InChI is InChI=1S/C22H22N4O3/c1-26(14-11-16-9-12-23-13-10-16)20-8-7-17(15-24-20)21(27)25-19-6-4-3-5-18(19)22(28)29-2/h3-10,12-13,15H,11,14H2,1-2H3,(H,25,27). The van der Waals surface area contributed by atoms with Gasteiger partial charge in [0, 0.05) is 32.2 Å².